The minimum absolute atomic E-state index is 0. The molecule has 1 N–H and O–H groups in total. The molecule has 1 atom stereocenters. The lowest BCUT2D eigenvalue weighted by atomic mass is 10.0. The number of para-hydroxylation sites is 1. The summed E-state index contributed by atoms with van der Waals surface area (Å²) >= 11 is 0. The summed E-state index contributed by atoms with van der Waals surface area (Å²) < 4.78 is 0. The van der Waals surface area contributed by atoms with E-state index >= 15 is 0 Å². The van der Waals surface area contributed by atoms with Crippen molar-refractivity contribution in [1.82, 2.24) is 14.9 Å². The number of aromatic amines is 1. The fourth-order valence-electron chi connectivity index (χ4n) is 5.00. The van der Waals surface area contributed by atoms with E-state index in [0.29, 0.717) is 25.1 Å². The van der Waals surface area contributed by atoms with Crippen molar-refractivity contribution >= 4 is 36.4 Å². The number of amides is 1. The van der Waals surface area contributed by atoms with Crippen LogP contribution in [0.1, 0.15) is 34.6 Å². The Morgan fingerprint density at radius 3 is 2.31 bits per heavy atom. The number of aromatic nitrogens is 2. The van der Waals surface area contributed by atoms with Crippen LogP contribution >= 0.6 is 24.8 Å². The summed E-state index contributed by atoms with van der Waals surface area (Å²) in [5, 5.41) is 8.98. The van der Waals surface area contributed by atoms with Crippen LogP contribution in [-0.4, -0.2) is 46.5 Å². The number of nitrogens with one attached hydrogen (secondary N) is 1. The Hall–Kier alpha value is -3.63. The summed E-state index contributed by atoms with van der Waals surface area (Å²) in [7, 11) is 0. The zero-order chi connectivity index (χ0) is 25.5. The summed E-state index contributed by atoms with van der Waals surface area (Å²) in [5.41, 5.74) is 5.16. The molecule has 0 radical (unpaired) electrons. The molecular formula is C31H33Cl2N5O. The minimum atomic E-state index is 0. The Morgan fingerprint density at radius 2 is 1.62 bits per heavy atom. The molecule has 1 amide bonds. The highest BCUT2D eigenvalue weighted by Crippen LogP contribution is 2.22. The van der Waals surface area contributed by atoms with Gasteiger partial charge in [-0.3, -0.25) is 9.69 Å². The molecule has 202 valence electrons. The summed E-state index contributed by atoms with van der Waals surface area (Å²) in [4.78, 5) is 25.4. The average molecular weight is 563 g/mol. The van der Waals surface area contributed by atoms with Gasteiger partial charge in [0.2, 0.25) is 5.91 Å². The highest BCUT2D eigenvalue weighted by molar-refractivity contribution is 5.95. The third-order valence-corrected chi connectivity index (χ3v) is 6.96. The molecule has 3 aromatic carbocycles. The van der Waals surface area contributed by atoms with E-state index in [1.54, 1.807) is 0 Å². The molecule has 1 saturated heterocycles. The molecular weight excluding hydrogens is 529 g/mol. The second kappa shape index (κ2) is 14.5. The number of H-pyrrole nitrogens is 1. The molecule has 0 unspecified atom stereocenters. The number of benzene rings is 3. The van der Waals surface area contributed by atoms with Crippen LogP contribution < -0.4 is 4.90 Å². The van der Waals surface area contributed by atoms with Crippen LogP contribution in [0.2, 0.25) is 0 Å². The standard InChI is InChI=1S/C31H31N5O.2ClH/c32-20-26-15-13-25(14-16-26)19-30-33-21-27(34-30)10-7-17-35-23-31(37)36(28-11-5-2-6-12-28)22-29(35)18-24-8-3-1-4-9-24;;/h1-6,8-9,11-16,21,29H,7,10,17-19,22-23H2,(H,33,34);2*1H/t29-;;/m0../s1. The largest absolute Gasteiger partial charge is 0.346 e. The van der Waals surface area contributed by atoms with Crippen molar-refractivity contribution in [3.8, 4) is 6.07 Å². The van der Waals surface area contributed by atoms with Gasteiger partial charge in [0.25, 0.3) is 0 Å². The highest BCUT2D eigenvalue weighted by Gasteiger charge is 2.32. The number of piperazine rings is 1. The van der Waals surface area contributed by atoms with Gasteiger partial charge in [-0.25, -0.2) is 4.98 Å². The fourth-order valence-corrected chi connectivity index (χ4v) is 5.00. The molecule has 1 fully saturated rings. The number of nitrogens with zero attached hydrogens (tertiary/aromatic N) is 4. The SMILES string of the molecule is Cl.Cl.N#Cc1ccc(Cc2ncc(CCCN3CC(=O)N(c4ccccc4)C[C@@H]3Cc3ccccc3)[nH]2)cc1. The minimum Gasteiger partial charge on any atom is -0.346 e. The highest BCUT2D eigenvalue weighted by atomic mass is 35.5. The molecule has 0 bridgehead atoms. The van der Waals surface area contributed by atoms with Crippen LogP contribution in [0.15, 0.2) is 91.1 Å². The van der Waals surface area contributed by atoms with E-state index in [0.717, 1.165) is 48.6 Å². The summed E-state index contributed by atoms with van der Waals surface area (Å²) in [6, 6.07) is 30.6. The number of hydrogen-bond acceptors (Lipinski definition) is 4. The normalized spacial score (nSPS) is 15.2. The van der Waals surface area contributed by atoms with E-state index in [-0.39, 0.29) is 36.8 Å². The monoisotopic (exact) mass is 561 g/mol. The first-order valence-electron chi connectivity index (χ1n) is 12.8. The van der Waals surface area contributed by atoms with Gasteiger partial charge in [0, 0.05) is 36.6 Å². The number of carbonyl (C=O) groups is 1. The first-order valence-corrected chi connectivity index (χ1v) is 12.8. The van der Waals surface area contributed by atoms with Gasteiger partial charge >= 0.3 is 0 Å². The van der Waals surface area contributed by atoms with Gasteiger partial charge in [0.05, 0.1) is 18.2 Å². The molecule has 2 heterocycles. The molecule has 5 rings (SSSR count). The Kier molecular flexibility index (Phi) is 11.1. The van der Waals surface area contributed by atoms with Gasteiger partial charge in [0.1, 0.15) is 5.82 Å². The van der Waals surface area contributed by atoms with Gasteiger partial charge in [-0.2, -0.15) is 5.26 Å². The molecule has 6 nitrogen and oxygen atoms in total. The van der Waals surface area contributed by atoms with E-state index in [1.165, 1.54) is 5.56 Å². The number of imidazole rings is 1. The Labute approximate surface area is 242 Å². The molecule has 1 aliphatic heterocycles. The smallest absolute Gasteiger partial charge is 0.241 e. The van der Waals surface area contributed by atoms with Crippen molar-refractivity contribution in [3.63, 3.8) is 0 Å². The maximum atomic E-state index is 13.1. The summed E-state index contributed by atoms with van der Waals surface area (Å²) in [5.74, 6) is 1.08. The molecule has 0 saturated carbocycles. The van der Waals surface area contributed by atoms with Gasteiger partial charge in [-0.05, 0) is 61.2 Å². The molecule has 8 heteroatoms. The number of anilines is 1. The lowest BCUT2D eigenvalue weighted by Gasteiger charge is -2.41. The number of aryl methyl sites for hydroxylation is 1. The van der Waals surface area contributed by atoms with Crippen LogP contribution in [-0.2, 0) is 24.1 Å². The summed E-state index contributed by atoms with van der Waals surface area (Å²) in [6.07, 6.45) is 5.36. The summed E-state index contributed by atoms with van der Waals surface area (Å²) in [6.45, 7) is 1.98. The first kappa shape index (κ1) is 29.9. The van der Waals surface area contributed by atoms with Crippen LogP contribution in [0.5, 0.6) is 0 Å². The van der Waals surface area contributed by atoms with Crippen molar-refractivity contribution in [2.24, 2.45) is 0 Å². The van der Waals surface area contributed by atoms with Gasteiger partial charge < -0.3 is 9.88 Å². The molecule has 1 aliphatic rings. The Morgan fingerprint density at radius 1 is 0.923 bits per heavy atom. The molecule has 0 spiro atoms. The number of hydrogen-bond donors (Lipinski definition) is 1. The van der Waals surface area contributed by atoms with Crippen LogP contribution in [0.4, 0.5) is 5.69 Å². The Balaban J connectivity index is 0.00000210. The van der Waals surface area contributed by atoms with Crippen LogP contribution in [0.25, 0.3) is 0 Å². The van der Waals surface area contributed by atoms with E-state index in [1.807, 2.05) is 71.8 Å². The van der Waals surface area contributed by atoms with Crippen molar-refractivity contribution in [2.75, 3.05) is 24.5 Å². The predicted molar refractivity (Wildman–Crippen MR) is 160 cm³/mol. The van der Waals surface area contributed by atoms with E-state index in [9.17, 15) is 4.79 Å². The maximum Gasteiger partial charge on any atom is 0.241 e. The number of nitriles is 1. The van der Waals surface area contributed by atoms with Crippen LogP contribution in [0, 0.1) is 11.3 Å². The average Bonchev–Trinajstić information content (AvgIpc) is 3.38. The maximum absolute atomic E-state index is 13.1. The van der Waals surface area contributed by atoms with E-state index in [4.69, 9.17) is 5.26 Å². The second-order valence-electron chi connectivity index (χ2n) is 9.60. The second-order valence-corrected chi connectivity index (χ2v) is 9.60. The molecule has 39 heavy (non-hydrogen) atoms. The topological polar surface area (TPSA) is 76.0 Å². The quantitative estimate of drug-likeness (QED) is 0.288. The molecule has 1 aromatic heterocycles. The lowest BCUT2D eigenvalue weighted by molar-refractivity contribution is -0.122. The third-order valence-electron chi connectivity index (χ3n) is 6.96. The number of rotatable bonds is 9. The number of halogens is 2. The van der Waals surface area contributed by atoms with Crippen LogP contribution in [0.3, 0.4) is 0 Å². The van der Waals surface area contributed by atoms with Gasteiger partial charge in [-0.15, -0.1) is 24.8 Å². The van der Waals surface area contributed by atoms with Gasteiger partial charge in [-0.1, -0.05) is 60.7 Å². The fraction of sp³-hybridized carbons (Fsp3) is 0.258. The molecule has 4 aromatic rings. The van der Waals surface area contributed by atoms with Crippen molar-refractivity contribution in [2.45, 2.75) is 31.7 Å². The number of carbonyl (C=O) groups excluding carboxylic acids is 1. The third kappa shape index (κ3) is 7.93. The van der Waals surface area contributed by atoms with Gasteiger partial charge in [0.15, 0.2) is 0 Å². The predicted octanol–water partition coefficient (Wildman–Crippen LogP) is 5.61. The molecule has 0 aliphatic carbocycles. The van der Waals surface area contributed by atoms with E-state index in [2.05, 4.69) is 45.2 Å². The zero-order valence-electron chi connectivity index (χ0n) is 21.7. The van der Waals surface area contributed by atoms with Crippen molar-refractivity contribution in [3.05, 3.63) is 119 Å². The van der Waals surface area contributed by atoms with Crippen molar-refractivity contribution in [1.29, 1.82) is 5.26 Å². The van der Waals surface area contributed by atoms with E-state index < -0.39 is 0 Å². The zero-order valence-corrected chi connectivity index (χ0v) is 23.3. The Bertz CT molecular complexity index is 1350. The lowest BCUT2D eigenvalue weighted by Crippen LogP contribution is -2.57. The first-order chi connectivity index (χ1) is 18.2. The van der Waals surface area contributed by atoms with Crippen molar-refractivity contribution < 1.29 is 4.79 Å².